The number of fused-ring (bicyclic) bond motifs is 1. The molecule has 0 bridgehead atoms. The highest BCUT2D eigenvalue weighted by atomic mass is 32.2. The van der Waals surface area contributed by atoms with Crippen molar-refractivity contribution in [3.8, 4) is 0 Å². The third kappa shape index (κ3) is 4.52. The number of carbonyl (C=O) groups is 3. The predicted molar refractivity (Wildman–Crippen MR) is 138 cm³/mol. The number of ether oxygens (including phenoxy) is 1. The number of thioether (sulfide) groups is 2. The fraction of sp³-hybridized carbons (Fsp3) is 0.208. The highest BCUT2D eigenvalue weighted by Gasteiger charge is 2.63. The van der Waals surface area contributed by atoms with Gasteiger partial charge in [0.1, 0.15) is 16.6 Å². The molecule has 0 saturated carbocycles. The summed E-state index contributed by atoms with van der Waals surface area (Å²) in [6, 6.07) is 18.8. The maximum Gasteiger partial charge on any atom is 0.356 e. The number of nitrogens with one attached hydrogen (secondary N) is 1. The molecule has 0 aliphatic carbocycles. The van der Waals surface area contributed by atoms with Gasteiger partial charge >= 0.3 is 5.97 Å². The molecule has 2 aliphatic rings. The van der Waals surface area contributed by atoms with Crippen molar-refractivity contribution in [2.75, 3.05) is 11.5 Å². The van der Waals surface area contributed by atoms with E-state index in [9.17, 15) is 14.4 Å². The van der Waals surface area contributed by atoms with Gasteiger partial charge in [-0.2, -0.15) is 0 Å². The molecule has 184 valence electrons. The molecule has 1 aromatic heterocycles. The number of hydrogen-bond acceptors (Lipinski definition) is 10. The van der Waals surface area contributed by atoms with Crippen LogP contribution >= 0.6 is 34.9 Å². The van der Waals surface area contributed by atoms with Gasteiger partial charge in [-0.05, 0) is 16.7 Å². The summed E-state index contributed by atoms with van der Waals surface area (Å²) in [6.45, 7) is 0. The van der Waals surface area contributed by atoms with E-state index >= 15 is 0 Å². The smallest absolute Gasteiger partial charge is 0.356 e. The van der Waals surface area contributed by atoms with Crippen molar-refractivity contribution in [3.05, 3.63) is 88.6 Å². The molecule has 0 radical (unpaired) electrons. The maximum absolute atomic E-state index is 13.8. The number of amides is 2. The lowest BCUT2D eigenvalue weighted by atomic mass is 9.96. The summed E-state index contributed by atoms with van der Waals surface area (Å²) >= 11 is 4.21. The first kappa shape index (κ1) is 24.5. The summed E-state index contributed by atoms with van der Waals surface area (Å²) < 4.78 is 6.84. The molecule has 3 heterocycles. The molecule has 0 unspecified atom stereocenters. The molecule has 36 heavy (non-hydrogen) atoms. The standard InChI is InChI=1S/C24H21N5O4S3/c25-24(26-13-30)21(32)29-18(17(11-34-22(24)29)12-35-23-28-27-14-36-23)20(31)33-19(15-7-3-1-4-8-15)16-9-5-2-6-10-16/h1-10,13-14,19,22H,11-12,25H2,(H,26,30)/t22-,24-/m0/s1. The summed E-state index contributed by atoms with van der Waals surface area (Å²) in [5.41, 5.74) is 8.75. The lowest BCUT2D eigenvalue weighted by Gasteiger charge is -2.55. The van der Waals surface area contributed by atoms with Crippen LogP contribution in [0.1, 0.15) is 17.2 Å². The van der Waals surface area contributed by atoms with Crippen molar-refractivity contribution in [1.29, 1.82) is 0 Å². The van der Waals surface area contributed by atoms with E-state index < -0.39 is 29.0 Å². The van der Waals surface area contributed by atoms with Crippen LogP contribution in [0.2, 0.25) is 0 Å². The first-order valence-electron chi connectivity index (χ1n) is 10.9. The number of β-lactam (4-membered cyclic amide) rings is 1. The van der Waals surface area contributed by atoms with E-state index in [1.165, 1.54) is 39.8 Å². The molecule has 2 atom stereocenters. The second-order valence-corrected chi connectivity index (χ2v) is 11.1. The molecule has 2 amide bonds. The zero-order chi connectivity index (χ0) is 25.1. The third-order valence-electron chi connectivity index (χ3n) is 5.82. The number of carbonyl (C=O) groups excluding carboxylic acids is 3. The van der Waals surface area contributed by atoms with E-state index in [0.29, 0.717) is 17.9 Å². The number of aromatic nitrogens is 2. The lowest BCUT2D eigenvalue weighted by Crippen LogP contribution is -2.83. The first-order chi connectivity index (χ1) is 17.5. The normalized spacial score (nSPS) is 21.1. The Morgan fingerprint density at radius 3 is 2.47 bits per heavy atom. The zero-order valence-corrected chi connectivity index (χ0v) is 21.2. The summed E-state index contributed by atoms with van der Waals surface area (Å²) in [4.78, 5) is 39.4. The number of hydrogen-bond donors (Lipinski definition) is 2. The van der Waals surface area contributed by atoms with Crippen molar-refractivity contribution < 1.29 is 19.1 Å². The van der Waals surface area contributed by atoms with E-state index in [1.807, 2.05) is 60.7 Å². The van der Waals surface area contributed by atoms with E-state index in [4.69, 9.17) is 10.5 Å². The Morgan fingerprint density at radius 1 is 1.22 bits per heavy atom. The monoisotopic (exact) mass is 539 g/mol. The SMILES string of the molecule is N[C@]1(NC=O)C(=O)N2C(C(=O)OC(c3ccccc3)c3ccccc3)=C(CSc3nncs3)CS[C@H]21. The Labute approximate surface area is 219 Å². The van der Waals surface area contributed by atoms with Crippen LogP contribution in [0.15, 0.2) is 81.8 Å². The topological polar surface area (TPSA) is 128 Å². The summed E-state index contributed by atoms with van der Waals surface area (Å²) in [7, 11) is 0. The Balaban J connectivity index is 1.49. The lowest BCUT2D eigenvalue weighted by molar-refractivity contribution is -0.160. The van der Waals surface area contributed by atoms with E-state index in [-0.39, 0.29) is 5.70 Å². The molecule has 1 saturated heterocycles. The molecule has 2 aliphatic heterocycles. The van der Waals surface area contributed by atoms with Gasteiger partial charge in [0.25, 0.3) is 5.91 Å². The van der Waals surface area contributed by atoms with Gasteiger partial charge in [-0.25, -0.2) is 4.79 Å². The number of benzene rings is 2. The zero-order valence-electron chi connectivity index (χ0n) is 18.8. The molecule has 9 nitrogen and oxygen atoms in total. The molecule has 1 fully saturated rings. The molecule has 3 aromatic rings. The second-order valence-electron chi connectivity index (χ2n) is 8.02. The number of nitrogens with two attached hydrogens (primary N) is 1. The maximum atomic E-state index is 13.8. The van der Waals surface area contributed by atoms with Crippen molar-refractivity contribution in [2.24, 2.45) is 5.73 Å². The fourth-order valence-electron chi connectivity index (χ4n) is 4.10. The molecule has 12 heteroatoms. The van der Waals surface area contributed by atoms with Gasteiger partial charge in [-0.15, -0.1) is 22.0 Å². The highest BCUT2D eigenvalue weighted by molar-refractivity contribution is 8.01. The van der Waals surface area contributed by atoms with E-state index in [0.717, 1.165) is 21.0 Å². The fourth-order valence-corrected chi connectivity index (χ4v) is 7.10. The predicted octanol–water partition coefficient (Wildman–Crippen LogP) is 2.53. The Kier molecular flexibility index (Phi) is 7.10. The van der Waals surface area contributed by atoms with Crippen LogP contribution in [-0.4, -0.2) is 55.9 Å². The van der Waals surface area contributed by atoms with Crippen LogP contribution in [-0.2, 0) is 19.1 Å². The second kappa shape index (κ2) is 10.4. The molecular formula is C24H21N5O4S3. The highest BCUT2D eigenvalue weighted by Crippen LogP contribution is 2.45. The van der Waals surface area contributed by atoms with Crippen LogP contribution < -0.4 is 11.1 Å². The van der Waals surface area contributed by atoms with Crippen LogP contribution in [0.5, 0.6) is 0 Å². The van der Waals surface area contributed by atoms with Crippen LogP contribution in [0.25, 0.3) is 0 Å². The average Bonchev–Trinajstić information content (AvgIpc) is 3.44. The van der Waals surface area contributed by atoms with Crippen molar-refractivity contribution in [2.45, 2.75) is 21.5 Å². The Bertz CT molecular complexity index is 1250. The molecule has 5 rings (SSSR count). The summed E-state index contributed by atoms with van der Waals surface area (Å²) in [5, 5.41) is 9.69. The van der Waals surface area contributed by atoms with Crippen molar-refractivity contribution >= 4 is 53.1 Å². The van der Waals surface area contributed by atoms with Gasteiger partial charge in [0.15, 0.2) is 10.4 Å². The van der Waals surface area contributed by atoms with Crippen LogP contribution in [0.4, 0.5) is 0 Å². The number of rotatable bonds is 9. The first-order valence-corrected chi connectivity index (χ1v) is 13.8. The Hall–Kier alpha value is -3.19. The van der Waals surface area contributed by atoms with Crippen molar-refractivity contribution in [3.63, 3.8) is 0 Å². The van der Waals surface area contributed by atoms with Gasteiger partial charge < -0.3 is 10.1 Å². The van der Waals surface area contributed by atoms with Gasteiger partial charge in [-0.1, -0.05) is 83.8 Å². The minimum absolute atomic E-state index is 0.159. The molecular weight excluding hydrogens is 518 g/mol. The quantitative estimate of drug-likeness (QED) is 0.139. The van der Waals surface area contributed by atoms with Crippen LogP contribution in [0.3, 0.4) is 0 Å². The largest absolute Gasteiger partial charge is 0.448 e. The van der Waals surface area contributed by atoms with Crippen LogP contribution in [0, 0.1) is 0 Å². The van der Waals surface area contributed by atoms with Gasteiger partial charge in [0.05, 0.1) is 0 Å². The van der Waals surface area contributed by atoms with E-state index in [1.54, 1.807) is 5.51 Å². The summed E-state index contributed by atoms with van der Waals surface area (Å²) in [5.74, 6) is -0.338. The number of esters is 1. The molecule has 2 aromatic carbocycles. The summed E-state index contributed by atoms with van der Waals surface area (Å²) in [6.07, 6.45) is -0.274. The minimum atomic E-state index is -1.58. The van der Waals surface area contributed by atoms with Gasteiger partial charge in [-0.3, -0.25) is 20.2 Å². The van der Waals surface area contributed by atoms with E-state index in [2.05, 4.69) is 15.5 Å². The minimum Gasteiger partial charge on any atom is -0.448 e. The Morgan fingerprint density at radius 2 is 1.89 bits per heavy atom. The molecule has 0 spiro atoms. The average molecular weight is 540 g/mol. The molecule has 3 N–H and O–H groups in total. The third-order valence-corrected chi connectivity index (χ3v) is 9.18. The van der Waals surface area contributed by atoms with Crippen molar-refractivity contribution in [1.82, 2.24) is 20.4 Å². The van der Waals surface area contributed by atoms with Gasteiger partial charge in [0.2, 0.25) is 12.1 Å². The number of nitrogens with zero attached hydrogens (tertiary/aromatic N) is 3. The van der Waals surface area contributed by atoms with Gasteiger partial charge in [0, 0.05) is 11.5 Å².